The lowest BCUT2D eigenvalue weighted by molar-refractivity contribution is -0.127. The molecule has 29 heavy (non-hydrogen) atoms. The molecule has 0 saturated carbocycles. The molecule has 10 heteroatoms. The molecule has 2 aromatic rings. The number of nitrogens with zero attached hydrogens (tertiary/aromatic N) is 5. The van der Waals surface area contributed by atoms with Crippen molar-refractivity contribution < 1.29 is 4.79 Å². The van der Waals surface area contributed by atoms with Gasteiger partial charge in [0.15, 0.2) is 5.96 Å². The molecular formula is C19H27BrIN7O. The minimum atomic E-state index is -0.0132. The first-order valence-electron chi connectivity index (χ1n) is 9.33. The van der Waals surface area contributed by atoms with E-state index in [0.717, 1.165) is 41.1 Å². The predicted molar refractivity (Wildman–Crippen MR) is 127 cm³/mol. The second-order valence-electron chi connectivity index (χ2n) is 7.01. The maximum atomic E-state index is 12.0. The number of guanidine groups is 1. The Hall–Kier alpha value is -1.69. The zero-order chi connectivity index (χ0) is 20.1. The topological polar surface area (TPSA) is 87.4 Å². The standard InChI is InChI=1S/C19H26BrN7O.HI/c1-13-23-18-16(5-4-10-27(18)25-13)24-19(22-12-17(28)26(2)3)21-11-14-6-8-15(20)9-7-14;/h6-9,16H,4-5,10-12H2,1-3H3,(H2,21,22,24);1H. The van der Waals surface area contributed by atoms with Crippen molar-refractivity contribution in [1.82, 2.24) is 30.3 Å². The molecule has 158 valence electrons. The van der Waals surface area contributed by atoms with Crippen molar-refractivity contribution in [1.29, 1.82) is 0 Å². The van der Waals surface area contributed by atoms with Gasteiger partial charge in [0.05, 0.1) is 19.1 Å². The summed E-state index contributed by atoms with van der Waals surface area (Å²) >= 11 is 3.45. The molecular weight excluding hydrogens is 549 g/mol. The van der Waals surface area contributed by atoms with Gasteiger partial charge in [0.25, 0.3) is 0 Å². The lowest BCUT2D eigenvalue weighted by Gasteiger charge is -2.25. The van der Waals surface area contributed by atoms with E-state index < -0.39 is 0 Å². The number of hydrogen-bond acceptors (Lipinski definition) is 4. The monoisotopic (exact) mass is 575 g/mol. The third-order valence-corrected chi connectivity index (χ3v) is 5.06. The van der Waals surface area contributed by atoms with Gasteiger partial charge in [0.1, 0.15) is 11.6 Å². The zero-order valence-corrected chi connectivity index (χ0v) is 20.8. The molecule has 1 aliphatic rings. The molecule has 1 aliphatic heterocycles. The second-order valence-corrected chi connectivity index (χ2v) is 7.93. The third kappa shape index (κ3) is 6.66. The van der Waals surface area contributed by atoms with E-state index in [1.807, 2.05) is 35.9 Å². The fraction of sp³-hybridized carbons (Fsp3) is 0.474. The molecule has 3 rings (SSSR count). The molecule has 0 fully saturated rings. The summed E-state index contributed by atoms with van der Waals surface area (Å²) in [5, 5.41) is 11.0. The average molecular weight is 576 g/mol. The smallest absolute Gasteiger partial charge is 0.241 e. The van der Waals surface area contributed by atoms with Crippen LogP contribution in [-0.4, -0.2) is 52.2 Å². The van der Waals surface area contributed by atoms with Gasteiger partial charge < -0.3 is 15.5 Å². The van der Waals surface area contributed by atoms with E-state index in [-0.39, 0.29) is 42.5 Å². The van der Waals surface area contributed by atoms with Gasteiger partial charge in [-0.2, -0.15) is 5.10 Å². The second kappa shape index (κ2) is 10.9. The Labute approximate surface area is 196 Å². The summed E-state index contributed by atoms with van der Waals surface area (Å²) < 4.78 is 2.98. The SMILES string of the molecule is Cc1nc2n(n1)CCCC2NC(=NCc1ccc(Br)cc1)NCC(=O)N(C)C.I. The Morgan fingerprint density at radius 2 is 2.07 bits per heavy atom. The van der Waals surface area contributed by atoms with Crippen LogP contribution in [0, 0.1) is 6.92 Å². The Kier molecular flexibility index (Phi) is 8.87. The minimum Gasteiger partial charge on any atom is -0.347 e. The molecule has 1 aromatic carbocycles. The highest BCUT2D eigenvalue weighted by Gasteiger charge is 2.24. The number of aromatic nitrogens is 3. The molecule has 0 aliphatic carbocycles. The number of nitrogens with one attached hydrogen (secondary N) is 2. The number of aliphatic imine (C=N–C) groups is 1. The number of carbonyl (C=O) groups excluding carboxylic acids is 1. The molecule has 1 amide bonds. The van der Waals surface area contributed by atoms with Crippen molar-refractivity contribution >= 4 is 51.8 Å². The van der Waals surface area contributed by atoms with Crippen LogP contribution in [-0.2, 0) is 17.9 Å². The summed E-state index contributed by atoms with van der Waals surface area (Å²) in [5.74, 6) is 2.27. The Bertz CT molecular complexity index is 851. The lowest BCUT2D eigenvalue weighted by atomic mass is 10.1. The maximum Gasteiger partial charge on any atom is 0.241 e. The van der Waals surface area contributed by atoms with E-state index >= 15 is 0 Å². The predicted octanol–water partition coefficient (Wildman–Crippen LogP) is 2.63. The van der Waals surface area contributed by atoms with Gasteiger partial charge in [0.2, 0.25) is 5.91 Å². The molecule has 1 atom stereocenters. The van der Waals surface area contributed by atoms with Gasteiger partial charge in [-0.25, -0.2) is 14.7 Å². The fourth-order valence-corrected chi connectivity index (χ4v) is 3.26. The van der Waals surface area contributed by atoms with Crippen LogP contribution in [0.1, 0.15) is 36.1 Å². The molecule has 1 unspecified atom stereocenters. The minimum absolute atomic E-state index is 0. The normalized spacial score (nSPS) is 15.9. The first-order valence-corrected chi connectivity index (χ1v) is 10.1. The van der Waals surface area contributed by atoms with Gasteiger partial charge in [0, 0.05) is 25.1 Å². The highest BCUT2D eigenvalue weighted by Crippen LogP contribution is 2.22. The van der Waals surface area contributed by atoms with E-state index in [1.165, 1.54) is 0 Å². The molecule has 2 N–H and O–H groups in total. The number of benzene rings is 1. The van der Waals surface area contributed by atoms with E-state index in [1.54, 1.807) is 19.0 Å². The van der Waals surface area contributed by atoms with Gasteiger partial charge in [-0.05, 0) is 37.5 Å². The van der Waals surface area contributed by atoms with Crippen molar-refractivity contribution in [3.05, 3.63) is 46.0 Å². The first kappa shape index (κ1) is 23.6. The number of fused-ring (bicyclic) bond motifs is 1. The third-order valence-electron chi connectivity index (χ3n) is 4.53. The van der Waals surface area contributed by atoms with Gasteiger partial charge in [-0.15, -0.1) is 24.0 Å². The number of likely N-dealkylation sites (N-methyl/N-ethyl adjacent to an activating group) is 1. The molecule has 0 spiro atoms. The van der Waals surface area contributed by atoms with Crippen LogP contribution in [0.15, 0.2) is 33.7 Å². The van der Waals surface area contributed by atoms with Crippen LogP contribution in [0.2, 0.25) is 0 Å². The summed E-state index contributed by atoms with van der Waals surface area (Å²) in [6.07, 6.45) is 1.96. The highest BCUT2D eigenvalue weighted by atomic mass is 127. The van der Waals surface area contributed by atoms with Crippen molar-refractivity contribution in [2.75, 3.05) is 20.6 Å². The summed E-state index contributed by atoms with van der Waals surface area (Å²) in [6.45, 7) is 3.47. The van der Waals surface area contributed by atoms with Gasteiger partial charge in [-0.3, -0.25) is 4.79 Å². The van der Waals surface area contributed by atoms with Crippen LogP contribution in [0.5, 0.6) is 0 Å². The van der Waals surface area contributed by atoms with E-state index in [0.29, 0.717) is 12.5 Å². The van der Waals surface area contributed by atoms with Crippen LogP contribution in [0.3, 0.4) is 0 Å². The van der Waals surface area contributed by atoms with E-state index in [4.69, 9.17) is 0 Å². The molecule has 8 nitrogen and oxygen atoms in total. The van der Waals surface area contributed by atoms with E-state index in [9.17, 15) is 4.79 Å². The van der Waals surface area contributed by atoms with Gasteiger partial charge in [-0.1, -0.05) is 28.1 Å². The average Bonchev–Trinajstić information content (AvgIpc) is 3.06. The summed E-state index contributed by atoms with van der Waals surface area (Å²) in [6, 6.07) is 8.05. The number of hydrogen-bond donors (Lipinski definition) is 2. The number of carbonyl (C=O) groups is 1. The van der Waals surface area contributed by atoms with Crippen molar-refractivity contribution in [2.45, 2.75) is 38.9 Å². The van der Waals surface area contributed by atoms with Crippen LogP contribution in [0.25, 0.3) is 0 Å². The maximum absolute atomic E-state index is 12.0. The van der Waals surface area contributed by atoms with Gasteiger partial charge >= 0.3 is 0 Å². The summed E-state index contributed by atoms with van der Waals surface area (Å²) in [5.41, 5.74) is 1.09. The number of amides is 1. The zero-order valence-electron chi connectivity index (χ0n) is 16.9. The number of aryl methyl sites for hydroxylation is 2. The van der Waals surface area contributed by atoms with Crippen LogP contribution >= 0.6 is 39.9 Å². The number of halogens is 2. The molecule has 2 heterocycles. The molecule has 0 bridgehead atoms. The van der Waals surface area contributed by atoms with Crippen molar-refractivity contribution in [3.63, 3.8) is 0 Å². The number of rotatable bonds is 5. The van der Waals surface area contributed by atoms with Crippen molar-refractivity contribution in [2.24, 2.45) is 4.99 Å². The lowest BCUT2D eigenvalue weighted by Crippen LogP contribution is -2.45. The molecule has 1 aromatic heterocycles. The fourth-order valence-electron chi connectivity index (χ4n) is 3.00. The van der Waals surface area contributed by atoms with Crippen LogP contribution in [0.4, 0.5) is 0 Å². The van der Waals surface area contributed by atoms with Crippen molar-refractivity contribution in [3.8, 4) is 0 Å². The van der Waals surface area contributed by atoms with E-state index in [2.05, 4.69) is 41.6 Å². The Balaban J connectivity index is 0.00000300. The quantitative estimate of drug-likeness (QED) is 0.325. The molecule has 0 radical (unpaired) electrons. The summed E-state index contributed by atoms with van der Waals surface area (Å²) in [4.78, 5) is 22.8. The molecule has 0 saturated heterocycles. The Morgan fingerprint density at radius 3 is 2.76 bits per heavy atom. The Morgan fingerprint density at radius 1 is 1.34 bits per heavy atom. The summed E-state index contributed by atoms with van der Waals surface area (Å²) in [7, 11) is 3.48. The van der Waals surface area contributed by atoms with Crippen LogP contribution < -0.4 is 10.6 Å². The highest BCUT2D eigenvalue weighted by molar-refractivity contribution is 14.0. The largest absolute Gasteiger partial charge is 0.347 e. The first-order chi connectivity index (χ1) is 13.4.